The largest absolute Gasteiger partial charge is 0.500 e. The maximum absolute atomic E-state index is 6.65. The van der Waals surface area contributed by atoms with Crippen molar-refractivity contribution in [2.75, 3.05) is 35.5 Å². The maximum Gasteiger partial charge on any atom is 0.500 e. The van der Waals surface area contributed by atoms with E-state index in [1.807, 2.05) is 72.0 Å². The van der Waals surface area contributed by atoms with Crippen LogP contribution < -0.4 is 0 Å². The van der Waals surface area contributed by atoms with Gasteiger partial charge < -0.3 is 96.2 Å². The number of hydrogen-bond acceptors (Lipinski definition) is 23. The molecule has 16 atom stereocenters. The molecule has 0 amide bonds. The fourth-order valence-corrected chi connectivity index (χ4v) is 81.1. The van der Waals surface area contributed by atoms with Crippen LogP contribution in [0.4, 0.5) is 0 Å². The van der Waals surface area contributed by atoms with Crippen molar-refractivity contribution in [1.82, 2.24) is 0 Å². The van der Waals surface area contributed by atoms with Crippen LogP contribution in [0.2, 0.25) is 214 Å². The third kappa shape index (κ3) is 47.4. The van der Waals surface area contributed by atoms with Gasteiger partial charge in [-0.1, -0.05) is 0 Å². The Bertz CT molecular complexity index is 1680. The van der Waals surface area contributed by atoms with Crippen molar-refractivity contribution >= 4 is 198 Å². The highest BCUT2D eigenvalue weighted by Crippen LogP contribution is 2.29. The Labute approximate surface area is 539 Å². The second-order valence-electron chi connectivity index (χ2n) is 24.8. The van der Waals surface area contributed by atoms with E-state index in [0.717, 1.165) is 12.1 Å². The lowest BCUT2D eigenvalue weighted by Gasteiger charge is -2.37. The van der Waals surface area contributed by atoms with Gasteiger partial charge in [-0.3, -0.25) is 0 Å². The van der Waals surface area contributed by atoms with Crippen LogP contribution in [0, 0.1) is 0 Å². The Morgan fingerprint density at radius 3 is 0.566 bits per heavy atom. The van der Waals surface area contributed by atoms with Gasteiger partial charge in [-0.05, 0) is 208 Å². The molecule has 0 N–H and O–H groups in total. The van der Waals surface area contributed by atoms with Gasteiger partial charge in [0.25, 0.3) is 130 Å². The molecule has 0 radical (unpaired) electrons. The average Bonchev–Trinajstić information content (AvgIpc) is 3.25. The Balaban J connectivity index is 0. The van der Waals surface area contributed by atoms with Crippen LogP contribution in [-0.4, -0.2) is 233 Å². The standard InChI is InChI=1S/C19H62O12Si11.C19H62O11Si11/c1-20-42(21-2,22-3)19-18-41(17,31-40(14,15)16)30-38(10)28-36(8)26-34(6)24-32(4)23-33(5)25-35(7)27-37(9)29-39(11,12)13;1-20-40(16,21-2)18-19-41(17,30-39(13,14)15)29-37(9)27-35(7)25-33(5)23-31(3)22-32(4)24-34(6)26-36(8)28-38(10,11)12/h32-38H,18-19H2,1-17H3;31-37H,18-19H2,1-17H3. The quantitative estimate of drug-likeness (QED) is 0.0649. The van der Waals surface area contributed by atoms with Gasteiger partial charge in [0.2, 0.25) is 0 Å². The zero-order chi connectivity index (χ0) is 65.2. The molecule has 0 rings (SSSR count). The Morgan fingerprint density at radius 2 is 0.386 bits per heavy atom. The topological polar surface area (TPSA) is 212 Å². The normalized spacial score (nSPS) is 20.0. The van der Waals surface area contributed by atoms with E-state index >= 15 is 0 Å². The molecule has 0 saturated heterocycles. The lowest BCUT2D eigenvalue weighted by molar-refractivity contribution is 0.124. The highest BCUT2D eigenvalue weighted by atomic mass is 28.5. The molecule has 45 heteroatoms. The molecule has 0 fully saturated rings. The van der Waals surface area contributed by atoms with E-state index in [1.54, 1.807) is 35.5 Å². The summed E-state index contributed by atoms with van der Waals surface area (Å²) in [5.41, 5.74) is 0. The highest BCUT2D eigenvalue weighted by Gasteiger charge is 2.46. The molecule has 0 aromatic carbocycles. The van der Waals surface area contributed by atoms with Crippen molar-refractivity contribution in [2.24, 2.45) is 0 Å². The molecule has 83 heavy (non-hydrogen) atoms. The van der Waals surface area contributed by atoms with Gasteiger partial charge in [0.15, 0.2) is 33.3 Å². The maximum atomic E-state index is 6.65. The summed E-state index contributed by atoms with van der Waals surface area (Å²) in [7, 11) is -34.8. The molecular formula is C38H124O23Si22. The molecule has 0 saturated carbocycles. The van der Waals surface area contributed by atoms with Gasteiger partial charge in [-0.25, -0.2) is 0 Å². The van der Waals surface area contributed by atoms with Crippen LogP contribution >= 0.6 is 0 Å². The molecule has 16 unspecified atom stereocenters. The van der Waals surface area contributed by atoms with Crippen molar-refractivity contribution in [1.29, 1.82) is 0 Å². The first kappa shape index (κ1) is 88.9. The van der Waals surface area contributed by atoms with Crippen LogP contribution in [0.3, 0.4) is 0 Å². The van der Waals surface area contributed by atoms with Crippen molar-refractivity contribution < 1.29 is 96.2 Å². The number of rotatable bonds is 47. The van der Waals surface area contributed by atoms with Crippen LogP contribution in [0.15, 0.2) is 0 Å². The lowest BCUT2D eigenvalue weighted by Crippen LogP contribution is -2.53. The monoisotopic (exact) mass is 1560 g/mol. The minimum atomic E-state index is -2.74. The molecule has 0 bridgehead atoms. The SMILES string of the molecule is CO[Si](C)(CC[Si](C)(O[SiH](C)O[SiH](C)O[SiH](C)O[SiH](C)O[SiH](C)O[SiH](C)O[SiH](C)O[Si](C)(C)C)O[Si](C)(C)C)OC.CO[Si](CC[Si](C)(O[SiH](C)O[SiH](C)O[SiH](C)O[SiH](C)O[SiH](C)O[SiH](C)O[SiH](C)O[Si](C)(C)C)O[Si](C)(C)C)(OC)OC. The molecule has 23 nitrogen and oxygen atoms in total. The van der Waals surface area contributed by atoms with Crippen molar-refractivity contribution in [3.8, 4) is 0 Å². The van der Waals surface area contributed by atoms with Crippen molar-refractivity contribution in [2.45, 2.75) is 214 Å². The molecule has 0 aliphatic carbocycles. The summed E-state index contributed by atoms with van der Waals surface area (Å²) in [6.45, 7) is 61.2. The Morgan fingerprint density at radius 1 is 0.205 bits per heavy atom. The third-order valence-electron chi connectivity index (χ3n) is 11.2. The Kier molecular flexibility index (Phi) is 45.3. The zero-order valence-electron chi connectivity index (χ0n) is 58.3. The first-order valence-corrected chi connectivity index (χ1v) is 81.8. The van der Waals surface area contributed by atoms with Gasteiger partial charge in [0.05, 0.1) is 0 Å². The summed E-state index contributed by atoms with van der Waals surface area (Å²) in [6.07, 6.45) is 0. The smallest absolute Gasteiger partial charge is 0.439 e. The van der Waals surface area contributed by atoms with E-state index in [4.69, 9.17) is 96.2 Å². The second-order valence-corrected chi connectivity index (χ2v) is 88.3. The van der Waals surface area contributed by atoms with Crippen LogP contribution in [-0.2, 0) is 96.2 Å². The van der Waals surface area contributed by atoms with Gasteiger partial charge in [0.1, 0.15) is 0 Å². The molecule has 0 heterocycles. The van der Waals surface area contributed by atoms with Crippen LogP contribution in [0.1, 0.15) is 0 Å². The summed E-state index contributed by atoms with van der Waals surface area (Å²) >= 11 is 0. The minimum absolute atomic E-state index is 0.626. The van der Waals surface area contributed by atoms with Gasteiger partial charge in [0, 0.05) is 41.6 Å². The third-order valence-corrected chi connectivity index (χ3v) is 80.3. The van der Waals surface area contributed by atoms with Crippen molar-refractivity contribution in [3.05, 3.63) is 0 Å². The summed E-state index contributed by atoms with van der Waals surface area (Å²) in [6, 6.07) is 2.97. The molecule has 0 aliphatic rings. The predicted octanol–water partition coefficient (Wildman–Crippen LogP) is 5.90. The van der Waals surface area contributed by atoms with E-state index in [2.05, 4.69) is 118 Å². The fraction of sp³-hybridized carbons (Fsp3) is 1.00. The van der Waals surface area contributed by atoms with Gasteiger partial charge in [-0.15, -0.1) is 0 Å². The molecule has 0 aliphatic heterocycles. The predicted molar refractivity (Wildman–Crippen MR) is 390 cm³/mol. The minimum Gasteiger partial charge on any atom is -0.439 e. The molecular weight excluding hydrogens is 1440 g/mol. The highest BCUT2D eigenvalue weighted by molar-refractivity contribution is 6.87. The number of hydrogen-bond donors (Lipinski definition) is 0. The summed E-state index contributed by atoms with van der Waals surface area (Å²) < 4.78 is 142. The van der Waals surface area contributed by atoms with Gasteiger partial charge >= 0.3 is 34.5 Å². The van der Waals surface area contributed by atoms with E-state index < -0.39 is 198 Å². The average molecular weight is 1570 g/mol. The summed E-state index contributed by atoms with van der Waals surface area (Å²) in [5, 5.41) is 0. The van der Waals surface area contributed by atoms with Crippen LogP contribution in [0.5, 0.6) is 0 Å². The summed E-state index contributed by atoms with van der Waals surface area (Å²) in [5.74, 6) is 0. The molecule has 0 aromatic heterocycles. The second kappa shape index (κ2) is 42.3. The van der Waals surface area contributed by atoms with E-state index in [9.17, 15) is 0 Å². The van der Waals surface area contributed by atoms with E-state index in [0.29, 0.717) is 12.1 Å². The summed E-state index contributed by atoms with van der Waals surface area (Å²) in [4.78, 5) is 0. The molecule has 0 aromatic rings. The van der Waals surface area contributed by atoms with E-state index in [1.165, 1.54) is 0 Å². The van der Waals surface area contributed by atoms with E-state index in [-0.39, 0.29) is 0 Å². The van der Waals surface area contributed by atoms with Crippen LogP contribution in [0.25, 0.3) is 0 Å². The van der Waals surface area contributed by atoms with Gasteiger partial charge in [-0.2, -0.15) is 0 Å². The Hall–Kier alpha value is 3.85. The molecule has 0 spiro atoms. The fourth-order valence-electron chi connectivity index (χ4n) is 8.61. The van der Waals surface area contributed by atoms with Crippen molar-refractivity contribution in [3.63, 3.8) is 0 Å². The lowest BCUT2D eigenvalue weighted by atomic mass is 10.9. The first-order valence-electron chi connectivity index (χ1n) is 29.3. The zero-order valence-corrected chi connectivity index (χ0v) is 82.5. The first-order chi connectivity index (χ1) is 37.6. The molecule has 502 valence electrons.